The van der Waals surface area contributed by atoms with Crippen molar-refractivity contribution in [3.8, 4) is 28.4 Å². The highest BCUT2D eigenvalue weighted by molar-refractivity contribution is 5.96. The van der Waals surface area contributed by atoms with E-state index in [0.717, 1.165) is 28.7 Å². The van der Waals surface area contributed by atoms with E-state index in [1.807, 2.05) is 25.1 Å². The molecular formula is C24H30N2O5. The van der Waals surface area contributed by atoms with Gasteiger partial charge in [0.25, 0.3) is 5.91 Å². The maximum absolute atomic E-state index is 12.6. The quantitative estimate of drug-likeness (QED) is 0.706. The average molecular weight is 427 g/mol. The number of carbonyl (C=O) groups is 2. The predicted octanol–water partition coefficient (Wildman–Crippen LogP) is 3.64. The van der Waals surface area contributed by atoms with E-state index in [1.54, 1.807) is 27.4 Å². The second-order valence-corrected chi connectivity index (χ2v) is 7.53. The lowest BCUT2D eigenvalue weighted by Gasteiger charge is -2.21. The zero-order valence-corrected chi connectivity index (χ0v) is 18.8. The van der Waals surface area contributed by atoms with Crippen LogP contribution < -0.4 is 24.8 Å². The molecule has 0 saturated heterocycles. The predicted molar refractivity (Wildman–Crippen MR) is 119 cm³/mol. The summed E-state index contributed by atoms with van der Waals surface area (Å²) in [6.07, 6.45) is 2.23. The van der Waals surface area contributed by atoms with Crippen LogP contribution in [0.2, 0.25) is 0 Å². The summed E-state index contributed by atoms with van der Waals surface area (Å²) in [6.45, 7) is 4.12. The molecule has 0 saturated carbocycles. The molecule has 0 unspecified atom stereocenters. The molecule has 1 aliphatic carbocycles. The van der Waals surface area contributed by atoms with E-state index in [-0.39, 0.29) is 17.9 Å². The Bertz CT molecular complexity index is 986. The first kappa shape index (κ1) is 22.5. The molecule has 0 aromatic heterocycles. The summed E-state index contributed by atoms with van der Waals surface area (Å²) < 4.78 is 16.9. The molecule has 0 bridgehead atoms. The zero-order chi connectivity index (χ0) is 22.5. The van der Waals surface area contributed by atoms with Crippen LogP contribution >= 0.6 is 0 Å². The van der Waals surface area contributed by atoms with Crippen LogP contribution in [0.15, 0.2) is 24.3 Å². The summed E-state index contributed by atoms with van der Waals surface area (Å²) in [5, 5.41) is 5.96. The largest absolute Gasteiger partial charge is 0.493 e. The molecule has 0 aliphatic heterocycles. The highest BCUT2D eigenvalue weighted by Gasteiger charge is 2.29. The smallest absolute Gasteiger partial charge is 0.251 e. The van der Waals surface area contributed by atoms with Gasteiger partial charge in [-0.2, -0.15) is 0 Å². The van der Waals surface area contributed by atoms with E-state index >= 15 is 0 Å². The number of aryl methyl sites for hydroxylation is 1. The van der Waals surface area contributed by atoms with Crippen molar-refractivity contribution in [1.29, 1.82) is 0 Å². The second kappa shape index (κ2) is 9.73. The van der Waals surface area contributed by atoms with E-state index in [4.69, 9.17) is 14.2 Å². The molecule has 2 N–H and O–H groups in total. The van der Waals surface area contributed by atoms with Crippen molar-refractivity contribution in [3.05, 3.63) is 41.0 Å². The molecule has 7 nitrogen and oxygen atoms in total. The van der Waals surface area contributed by atoms with Crippen LogP contribution in [0.4, 0.5) is 0 Å². The van der Waals surface area contributed by atoms with Gasteiger partial charge >= 0.3 is 0 Å². The highest BCUT2D eigenvalue weighted by atomic mass is 16.5. The van der Waals surface area contributed by atoms with Crippen molar-refractivity contribution >= 4 is 11.8 Å². The Morgan fingerprint density at radius 3 is 2.42 bits per heavy atom. The van der Waals surface area contributed by atoms with Crippen LogP contribution in [0.3, 0.4) is 0 Å². The molecule has 166 valence electrons. The minimum atomic E-state index is -0.236. The molecule has 1 aliphatic rings. The van der Waals surface area contributed by atoms with Gasteiger partial charge in [-0.05, 0) is 54.2 Å². The molecule has 2 aromatic carbocycles. The number of hydrogen-bond donors (Lipinski definition) is 2. The molecule has 0 radical (unpaired) electrons. The SMILES string of the molecule is CCCNC(=O)c1ccc2c(c1)[C@@H](NC(C)=O)CCc1cc(OC)c(OC)c(OC)c1-2. The van der Waals surface area contributed by atoms with Crippen LogP contribution in [0.5, 0.6) is 17.2 Å². The normalized spacial score (nSPS) is 14.5. The number of methoxy groups -OCH3 is 3. The summed E-state index contributed by atoms with van der Waals surface area (Å²) in [4.78, 5) is 24.5. The molecule has 2 amide bonds. The molecule has 2 aromatic rings. The third-order valence-electron chi connectivity index (χ3n) is 5.49. The maximum atomic E-state index is 12.6. The molecule has 7 heteroatoms. The minimum Gasteiger partial charge on any atom is -0.493 e. The van der Waals surface area contributed by atoms with Gasteiger partial charge < -0.3 is 24.8 Å². The Balaban J connectivity index is 2.24. The van der Waals surface area contributed by atoms with Crippen molar-refractivity contribution in [2.24, 2.45) is 0 Å². The van der Waals surface area contributed by atoms with Crippen molar-refractivity contribution in [1.82, 2.24) is 10.6 Å². The Labute approximate surface area is 183 Å². The number of fused-ring (bicyclic) bond motifs is 3. The summed E-state index contributed by atoms with van der Waals surface area (Å²) in [7, 11) is 4.77. The number of benzene rings is 2. The minimum absolute atomic E-state index is 0.120. The summed E-state index contributed by atoms with van der Waals surface area (Å²) in [5.41, 5.74) is 4.26. The lowest BCUT2D eigenvalue weighted by Crippen LogP contribution is -2.27. The van der Waals surface area contributed by atoms with Gasteiger partial charge in [-0.3, -0.25) is 9.59 Å². The van der Waals surface area contributed by atoms with Crippen LogP contribution in [-0.4, -0.2) is 39.7 Å². The molecule has 0 spiro atoms. The fourth-order valence-electron chi connectivity index (χ4n) is 4.11. The Morgan fingerprint density at radius 2 is 1.81 bits per heavy atom. The number of ether oxygens (including phenoxy) is 3. The number of carbonyl (C=O) groups excluding carboxylic acids is 2. The standard InChI is InChI=1S/C24H30N2O5/c1-6-11-25-24(28)16-7-9-17-18(12-16)19(26-14(2)27)10-8-15-13-20(29-3)22(30-4)23(31-5)21(15)17/h7,9,12-13,19H,6,8,10-11H2,1-5H3,(H,25,28)(H,26,27)/t19-/m0/s1. The Hall–Kier alpha value is -3.22. The lowest BCUT2D eigenvalue weighted by molar-refractivity contribution is -0.119. The summed E-state index contributed by atoms with van der Waals surface area (Å²) in [6, 6.07) is 7.31. The summed E-state index contributed by atoms with van der Waals surface area (Å²) >= 11 is 0. The first-order valence-electron chi connectivity index (χ1n) is 10.5. The Morgan fingerprint density at radius 1 is 1.06 bits per heavy atom. The number of hydrogen-bond acceptors (Lipinski definition) is 5. The highest BCUT2D eigenvalue weighted by Crippen LogP contribution is 2.50. The fourth-order valence-corrected chi connectivity index (χ4v) is 4.11. The van der Waals surface area contributed by atoms with Gasteiger partial charge in [0.1, 0.15) is 0 Å². The summed E-state index contributed by atoms with van der Waals surface area (Å²) in [5.74, 6) is 1.43. The average Bonchev–Trinajstić information content (AvgIpc) is 2.92. The van der Waals surface area contributed by atoms with Crippen molar-refractivity contribution in [2.45, 2.75) is 39.2 Å². The van der Waals surface area contributed by atoms with E-state index in [2.05, 4.69) is 10.6 Å². The van der Waals surface area contributed by atoms with Crippen LogP contribution in [0.1, 0.15) is 54.2 Å². The van der Waals surface area contributed by atoms with Crippen LogP contribution in [0.25, 0.3) is 11.1 Å². The van der Waals surface area contributed by atoms with Gasteiger partial charge in [-0.1, -0.05) is 13.0 Å². The first-order chi connectivity index (χ1) is 14.9. The molecule has 1 atom stereocenters. The van der Waals surface area contributed by atoms with Crippen LogP contribution in [0, 0.1) is 0 Å². The van der Waals surface area contributed by atoms with E-state index in [0.29, 0.717) is 42.2 Å². The van der Waals surface area contributed by atoms with Gasteiger partial charge in [0.2, 0.25) is 11.7 Å². The van der Waals surface area contributed by atoms with Crippen molar-refractivity contribution in [2.75, 3.05) is 27.9 Å². The van der Waals surface area contributed by atoms with Gasteiger partial charge in [-0.25, -0.2) is 0 Å². The molecule has 0 fully saturated rings. The second-order valence-electron chi connectivity index (χ2n) is 7.53. The van der Waals surface area contributed by atoms with Crippen molar-refractivity contribution < 1.29 is 23.8 Å². The fraction of sp³-hybridized carbons (Fsp3) is 0.417. The molecule has 0 heterocycles. The lowest BCUT2D eigenvalue weighted by atomic mass is 9.92. The van der Waals surface area contributed by atoms with Gasteiger partial charge in [0, 0.05) is 24.6 Å². The van der Waals surface area contributed by atoms with E-state index in [1.165, 1.54) is 6.92 Å². The monoisotopic (exact) mass is 426 g/mol. The third-order valence-corrected chi connectivity index (χ3v) is 5.49. The van der Waals surface area contributed by atoms with Gasteiger partial charge in [-0.15, -0.1) is 0 Å². The number of nitrogens with one attached hydrogen (secondary N) is 2. The third kappa shape index (κ3) is 4.45. The van der Waals surface area contributed by atoms with Gasteiger partial charge in [0.05, 0.1) is 27.4 Å². The molecule has 3 rings (SSSR count). The maximum Gasteiger partial charge on any atom is 0.251 e. The zero-order valence-electron chi connectivity index (χ0n) is 18.8. The van der Waals surface area contributed by atoms with E-state index < -0.39 is 0 Å². The Kier molecular flexibility index (Phi) is 7.05. The van der Waals surface area contributed by atoms with Gasteiger partial charge in [0.15, 0.2) is 11.5 Å². The number of amides is 2. The van der Waals surface area contributed by atoms with E-state index in [9.17, 15) is 9.59 Å². The number of rotatable bonds is 7. The van der Waals surface area contributed by atoms with Crippen molar-refractivity contribution in [3.63, 3.8) is 0 Å². The van der Waals surface area contributed by atoms with Crippen LogP contribution in [-0.2, 0) is 11.2 Å². The molecule has 31 heavy (non-hydrogen) atoms. The molecular weight excluding hydrogens is 396 g/mol. The first-order valence-corrected chi connectivity index (χ1v) is 10.5. The topological polar surface area (TPSA) is 85.9 Å².